The number of phenolic OH excluding ortho intramolecular Hbond substituents is 1. The lowest BCUT2D eigenvalue weighted by atomic mass is 10.1. The zero-order valence-corrected chi connectivity index (χ0v) is 10.1. The molecule has 1 aliphatic carbocycles. The molecule has 98 valence electrons. The molecule has 1 amide bonds. The van der Waals surface area contributed by atoms with Gasteiger partial charge in [-0.05, 0) is 31.4 Å². The number of hydrogen-bond acceptors (Lipinski definition) is 3. The second-order valence-electron chi connectivity index (χ2n) is 4.50. The number of rotatable bonds is 3. The Morgan fingerprint density at radius 1 is 1.50 bits per heavy atom. The fourth-order valence-electron chi connectivity index (χ4n) is 2.25. The highest BCUT2D eigenvalue weighted by atomic mass is 19.1. The second kappa shape index (κ2) is 5.35. The number of carbonyl (C=O) groups excluding carboxylic acids is 1. The number of phenols is 1. The summed E-state index contributed by atoms with van der Waals surface area (Å²) in [7, 11) is 1.65. The third kappa shape index (κ3) is 2.79. The first kappa shape index (κ1) is 12.8. The Morgan fingerprint density at radius 2 is 2.28 bits per heavy atom. The number of benzene rings is 1. The van der Waals surface area contributed by atoms with E-state index in [-0.39, 0.29) is 29.4 Å². The minimum atomic E-state index is -0.565. The van der Waals surface area contributed by atoms with Crippen molar-refractivity contribution < 1.29 is 19.0 Å². The SMILES string of the molecule is COC1CCC(NC(=O)c2ccc(F)cc2O)C1. The van der Waals surface area contributed by atoms with Crippen molar-refractivity contribution in [2.45, 2.75) is 31.4 Å². The molecule has 0 aliphatic heterocycles. The average Bonchev–Trinajstić information content (AvgIpc) is 2.76. The van der Waals surface area contributed by atoms with Crippen LogP contribution in [0.25, 0.3) is 0 Å². The van der Waals surface area contributed by atoms with Gasteiger partial charge in [0, 0.05) is 19.2 Å². The lowest BCUT2D eigenvalue weighted by Crippen LogP contribution is -2.33. The molecule has 1 aromatic rings. The van der Waals surface area contributed by atoms with E-state index in [0.717, 1.165) is 31.4 Å². The molecule has 2 unspecified atom stereocenters. The van der Waals surface area contributed by atoms with Crippen LogP contribution in [0.15, 0.2) is 18.2 Å². The molecule has 1 saturated carbocycles. The molecule has 0 saturated heterocycles. The number of carbonyl (C=O) groups is 1. The number of amides is 1. The van der Waals surface area contributed by atoms with Crippen molar-refractivity contribution >= 4 is 5.91 Å². The van der Waals surface area contributed by atoms with E-state index in [2.05, 4.69) is 5.32 Å². The third-order valence-electron chi connectivity index (χ3n) is 3.26. The Kier molecular flexibility index (Phi) is 3.81. The van der Waals surface area contributed by atoms with Crippen LogP contribution < -0.4 is 5.32 Å². The molecular formula is C13H16FNO3. The van der Waals surface area contributed by atoms with Crippen molar-refractivity contribution in [3.63, 3.8) is 0 Å². The molecule has 0 bridgehead atoms. The van der Waals surface area contributed by atoms with E-state index in [1.165, 1.54) is 6.07 Å². The van der Waals surface area contributed by atoms with Gasteiger partial charge in [0.25, 0.3) is 5.91 Å². The van der Waals surface area contributed by atoms with Gasteiger partial charge >= 0.3 is 0 Å². The lowest BCUT2D eigenvalue weighted by molar-refractivity contribution is 0.0912. The molecule has 4 nitrogen and oxygen atoms in total. The fourth-order valence-corrected chi connectivity index (χ4v) is 2.25. The number of hydrogen-bond donors (Lipinski definition) is 2. The predicted octanol–water partition coefficient (Wildman–Crippen LogP) is 1.83. The molecule has 0 aromatic heterocycles. The Hall–Kier alpha value is -1.62. The van der Waals surface area contributed by atoms with Crippen LogP contribution in [-0.2, 0) is 4.74 Å². The zero-order valence-electron chi connectivity index (χ0n) is 10.1. The van der Waals surface area contributed by atoms with E-state index < -0.39 is 5.82 Å². The smallest absolute Gasteiger partial charge is 0.255 e. The van der Waals surface area contributed by atoms with E-state index in [0.29, 0.717) is 0 Å². The van der Waals surface area contributed by atoms with Gasteiger partial charge < -0.3 is 15.2 Å². The molecule has 1 aromatic carbocycles. The van der Waals surface area contributed by atoms with Crippen LogP contribution >= 0.6 is 0 Å². The van der Waals surface area contributed by atoms with Crippen LogP contribution in [0, 0.1) is 5.82 Å². The van der Waals surface area contributed by atoms with Crippen molar-refractivity contribution in [2.24, 2.45) is 0 Å². The van der Waals surface area contributed by atoms with Crippen molar-refractivity contribution in [3.8, 4) is 5.75 Å². The van der Waals surface area contributed by atoms with E-state index in [9.17, 15) is 14.3 Å². The van der Waals surface area contributed by atoms with Gasteiger partial charge in [-0.2, -0.15) is 0 Å². The van der Waals surface area contributed by atoms with Gasteiger partial charge in [-0.1, -0.05) is 0 Å². The van der Waals surface area contributed by atoms with Crippen LogP contribution in [0.3, 0.4) is 0 Å². The van der Waals surface area contributed by atoms with Crippen molar-refractivity contribution in [1.29, 1.82) is 0 Å². The van der Waals surface area contributed by atoms with Gasteiger partial charge in [-0.3, -0.25) is 4.79 Å². The molecule has 1 aliphatic rings. The summed E-state index contributed by atoms with van der Waals surface area (Å²) in [5, 5.41) is 12.3. The zero-order chi connectivity index (χ0) is 13.1. The van der Waals surface area contributed by atoms with Crippen LogP contribution in [0.2, 0.25) is 0 Å². The summed E-state index contributed by atoms with van der Waals surface area (Å²) < 4.78 is 18.0. The first-order chi connectivity index (χ1) is 8.60. The minimum Gasteiger partial charge on any atom is -0.507 e. The molecule has 5 heteroatoms. The Labute approximate surface area is 105 Å². The molecule has 0 heterocycles. The highest BCUT2D eigenvalue weighted by Gasteiger charge is 2.26. The maximum absolute atomic E-state index is 12.8. The molecule has 0 radical (unpaired) electrons. The van der Waals surface area contributed by atoms with Gasteiger partial charge in [0.05, 0.1) is 11.7 Å². The average molecular weight is 253 g/mol. The summed E-state index contributed by atoms with van der Waals surface area (Å²) in [5.74, 6) is -1.28. The first-order valence-electron chi connectivity index (χ1n) is 5.92. The van der Waals surface area contributed by atoms with E-state index in [1.54, 1.807) is 7.11 Å². The molecular weight excluding hydrogens is 237 g/mol. The highest BCUT2D eigenvalue weighted by molar-refractivity contribution is 5.96. The van der Waals surface area contributed by atoms with Gasteiger partial charge in [-0.15, -0.1) is 0 Å². The summed E-state index contributed by atoms with van der Waals surface area (Å²) >= 11 is 0. The number of halogens is 1. The largest absolute Gasteiger partial charge is 0.507 e. The maximum Gasteiger partial charge on any atom is 0.255 e. The van der Waals surface area contributed by atoms with E-state index in [4.69, 9.17) is 4.74 Å². The predicted molar refractivity (Wildman–Crippen MR) is 64.0 cm³/mol. The summed E-state index contributed by atoms with van der Waals surface area (Å²) in [6, 6.07) is 3.41. The summed E-state index contributed by atoms with van der Waals surface area (Å²) in [6.45, 7) is 0. The summed E-state index contributed by atoms with van der Waals surface area (Å²) in [5.41, 5.74) is 0.0947. The molecule has 2 N–H and O–H groups in total. The molecule has 18 heavy (non-hydrogen) atoms. The Balaban J connectivity index is 2.00. The topological polar surface area (TPSA) is 58.6 Å². The van der Waals surface area contributed by atoms with Crippen molar-refractivity contribution in [1.82, 2.24) is 5.32 Å². The molecule has 2 atom stereocenters. The van der Waals surface area contributed by atoms with Gasteiger partial charge in [-0.25, -0.2) is 4.39 Å². The highest BCUT2D eigenvalue weighted by Crippen LogP contribution is 2.23. The second-order valence-corrected chi connectivity index (χ2v) is 4.50. The monoisotopic (exact) mass is 253 g/mol. The minimum absolute atomic E-state index is 0.0481. The maximum atomic E-state index is 12.8. The van der Waals surface area contributed by atoms with E-state index in [1.807, 2.05) is 0 Å². The standard InChI is InChI=1S/C13H16FNO3/c1-18-10-4-3-9(7-10)15-13(17)11-5-2-8(14)6-12(11)16/h2,5-6,9-10,16H,3-4,7H2,1H3,(H,15,17). The van der Waals surface area contributed by atoms with Gasteiger partial charge in [0.15, 0.2) is 0 Å². The van der Waals surface area contributed by atoms with Crippen LogP contribution in [0.1, 0.15) is 29.6 Å². The third-order valence-corrected chi connectivity index (χ3v) is 3.26. The quantitative estimate of drug-likeness (QED) is 0.864. The normalized spacial score (nSPS) is 23.0. The molecule has 2 rings (SSSR count). The van der Waals surface area contributed by atoms with Gasteiger partial charge in [0.1, 0.15) is 11.6 Å². The lowest BCUT2D eigenvalue weighted by Gasteiger charge is -2.13. The number of aromatic hydroxyl groups is 1. The fraction of sp³-hybridized carbons (Fsp3) is 0.462. The number of methoxy groups -OCH3 is 1. The van der Waals surface area contributed by atoms with E-state index >= 15 is 0 Å². The Morgan fingerprint density at radius 3 is 2.89 bits per heavy atom. The van der Waals surface area contributed by atoms with Crippen LogP contribution in [-0.4, -0.2) is 30.3 Å². The van der Waals surface area contributed by atoms with Crippen molar-refractivity contribution in [3.05, 3.63) is 29.6 Å². The first-order valence-corrected chi connectivity index (χ1v) is 5.92. The Bertz CT molecular complexity index is 450. The number of nitrogens with one attached hydrogen (secondary N) is 1. The summed E-state index contributed by atoms with van der Waals surface area (Å²) in [6.07, 6.45) is 2.71. The summed E-state index contributed by atoms with van der Waals surface area (Å²) in [4.78, 5) is 11.9. The van der Waals surface area contributed by atoms with Crippen molar-refractivity contribution in [2.75, 3.05) is 7.11 Å². The molecule has 1 fully saturated rings. The van der Waals surface area contributed by atoms with Crippen LogP contribution in [0.5, 0.6) is 5.75 Å². The number of ether oxygens (including phenoxy) is 1. The van der Waals surface area contributed by atoms with Gasteiger partial charge in [0.2, 0.25) is 0 Å². The molecule has 0 spiro atoms. The van der Waals surface area contributed by atoms with Crippen LogP contribution in [0.4, 0.5) is 4.39 Å².